The van der Waals surface area contributed by atoms with E-state index in [2.05, 4.69) is 37.0 Å². The molecule has 1 aromatic heterocycles. The second-order valence-corrected chi connectivity index (χ2v) is 7.13. The molecule has 27 heavy (non-hydrogen) atoms. The molecule has 0 aliphatic heterocycles. The maximum Gasteiger partial charge on any atom is 0.287 e. The Balaban J connectivity index is 1.90. The summed E-state index contributed by atoms with van der Waals surface area (Å²) in [5.74, 6) is 1.89. The average molecular weight is 382 g/mol. The van der Waals surface area contributed by atoms with Crippen molar-refractivity contribution < 1.29 is 9.47 Å². The number of benzene rings is 2. The van der Waals surface area contributed by atoms with Crippen LogP contribution >= 0.6 is 11.8 Å². The zero-order valence-electron chi connectivity index (χ0n) is 15.9. The maximum atomic E-state index is 12.9. The summed E-state index contributed by atoms with van der Waals surface area (Å²) < 4.78 is 12.2. The summed E-state index contributed by atoms with van der Waals surface area (Å²) in [6, 6.07) is 11.7. The van der Waals surface area contributed by atoms with Crippen LogP contribution in [0.5, 0.6) is 11.5 Å². The summed E-state index contributed by atoms with van der Waals surface area (Å²) in [4.78, 5) is 17.2. The Morgan fingerprint density at radius 3 is 2.56 bits per heavy atom. The first-order valence-corrected chi connectivity index (χ1v) is 9.51. The molecule has 5 nitrogen and oxygen atoms in total. The molecule has 0 N–H and O–H groups in total. The molecular weight excluding hydrogens is 360 g/mol. The fourth-order valence-corrected chi connectivity index (χ4v) is 3.73. The second kappa shape index (κ2) is 8.31. The van der Waals surface area contributed by atoms with Gasteiger partial charge in [0.25, 0.3) is 5.56 Å². The molecule has 3 rings (SSSR count). The van der Waals surface area contributed by atoms with Crippen molar-refractivity contribution >= 4 is 11.8 Å². The molecule has 0 atom stereocenters. The van der Waals surface area contributed by atoms with Crippen LogP contribution < -0.4 is 15.0 Å². The van der Waals surface area contributed by atoms with Gasteiger partial charge >= 0.3 is 0 Å². The molecular formula is C21H22N2O3S. The van der Waals surface area contributed by atoms with Gasteiger partial charge in [0.05, 0.1) is 19.9 Å². The SMILES string of the molecule is COc1ccc(-n2ccnc(SCc3cc(C)ccc3C)c2=O)cc1OC. The topological polar surface area (TPSA) is 53.4 Å². The highest BCUT2D eigenvalue weighted by Crippen LogP contribution is 2.29. The first-order chi connectivity index (χ1) is 13.0. The Kier molecular flexibility index (Phi) is 5.86. The number of rotatable bonds is 6. The van der Waals surface area contributed by atoms with Gasteiger partial charge in [-0.25, -0.2) is 4.98 Å². The standard InChI is InChI=1S/C21H22N2O3S/c1-14-5-6-15(2)16(11-14)13-27-20-21(24)23(10-9-22-20)17-7-8-18(25-3)19(12-17)26-4/h5-12H,13H2,1-4H3. The van der Waals surface area contributed by atoms with Crippen LogP contribution in [0.25, 0.3) is 5.69 Å². The number of thioether (sulfide) groups is 1. The lowest BCUT2D eigenvalue weighted by Gasteiger charge is -2.12. The third kappa shape index (κ3) is 4.17. The second-order valence-electron chi connectivity index (χ2n) is 6.17. The van der Waals surface area contributed by atoms with Crippen LogP contribution in [-0.4, -0.2) is 23.8 Å². The molecule has 2 aromatic carbocycles. The fraction of sp³-hybridized carbons (Fsp3) is 0.238. The van der Waals surface area contributed by atoms with E-state index in [0.29, 0.717) is 28.0 Å². The summed E-state index contributed by atoms with van der Waals surface area (Å²) in [6.45, 7) is 4.15. The molecule has 0 radical (unpaired) electrons. The molecule has 6 heteroatoms. The van der Waals surface area contributed by atoms with Gasteiger partial charge in [-0.2, -0.15) is 0 Å². The van der Waals surface area contributed by atoms with E-state index in [1.165, 1.54) is 28.5 Å². The first kappa shape index (κ1) is 19.0. The Bertz CT molecular complexity index is 1010. The van der Waals surface area contributed by atoms with E-state index in [4.69, 9.17) is 9.47 Å². The number of methoxy groups -OCH3 is 2. The van der Waals surface area contributed by atoms with Crippen molar-refractivity contribution in [3.63, 3.8) is 0 Å². The van der Waals surface area contributed by atoms with Gasteiger partial charge in [0.1, 0.15) is 0 Å². The highest BCUT2D eigenvalue weighted by molar-refractivity contribution is 7.98. The zero-order chi connectivity index (χ0) is 19.4. The summed E-state index contributed by atoms with van der Waals surface area (Å²) >= 11 is 1.45. The minimum atomic E-state index is -0.153. The van der Waals surface area contributed by atoms with E-state index in [1.807, 2.05) is 6.07 Å². The van der Waals surface area contributed by atoms with Crippen LogP contribution in [0.2, 0.25) is 0 Å². The lowest BCUT2D eigenvalue weighted by molar-refractivity contribution is 0.355. The largest absolute Gasteiger partial charge is 0.493 e. The van der Waals surface area contributed by atoms with E-state index in [-0.39, 0.29) is 5.56 Å². The zero-order valence-corrected chi connectivity index (χ0v) is 16.7. The third-order valence-corrected chi connectivity index (χ3v) is 5.33. The monoisotopic (exact) mass is 382 g/mol. The number of aryl methyl sites for hydroxylation is 2. The van der Waals surface area contributed by atoms with Crippen LogP contribution in [0.3, 0.4) is 0 Å². The van der Waals surface area contributed by atoms with Crippen LogP contribution in [0, 0.1) is 13.8 Å². The maximum absolute atomic E-state index is 12.9. The van der Waals surface area contributed by atoms with E-state index in [1.54, 1.807) is 43.3 Å². The molecule has 0 aliphatic rings. The van der Waals surface area contributed by atoms with Crippen molar-refractivity contribution in [2.75, 3.05) is 14.2 Å². The number of ether oxygens (including phenoxy) is 2. The van der Waals surface area contributed by atoms with E-state index in [0.717, 1.165) is 0 Å². The molecule has 140 valence electrons. The van der Waals surface area contributed by atoms with Crippen molar-refractivity contribution in [2.45, 2.75) is 24.6 Å². The van der Waals surface area contributed by atoms with Gasteiger partial charge in [0, 0.05) is 24.2 Å². The normalized spacial score (nSPS) is 10.7. The smallest absolute Gasteiger partial charge is 0.287 e. The molecule has 3 aromatic rings. The van der Waals surface area contributed by atoms with E-state index < -0.39 is 0 Å². The number of aromatic nitrogens is 2. The lowest BCUT2D eigenvalue weighted by atomic mass is 10.1. The van der Waals surface area contributed by atoms with Gasteiger partial charge < -0.3 is 9.47 Å². The first-order valence-electron chi connectivity index (χ1n) is 8.52. The summed E-state index contributed by atoms with van der Waals surface area (Å²) in [5.41, 5.74) is 4.18. The van der Waals surface area contributed by atoms with Crippen LogP contribution in [0.4, 0.5) is 0 Å². The molecule has 0 saturated carbocycles. The molecule has 0 bridgehead atoms. The quantitative estimate of drug-likeness (QED) is 0.599. The van der Waals surface area contributed by atoms with Gasteiger partial charge in [-0.1, -0.05) is 35.5 Å². The van der Waals surface area contributed by atoms with Crippen molar-refractivity contribution in [2.24, 2.45) is 0 Å². The highest BCUT2D eigenvalue weighted by Gasteiger charge is 2.11. The number of nitrogens with zero attached hydrogens (tertiary/aromatic N) is 2. The molecule has 0 unspecified atom stereocenters. The predicted octanol–water partition coefficient (Wildman–Crippen LogP) is 4.16. The van der Waals surface area contributed by atoms with Crippen molar-refractivity contribution in [1.29, 1.82) is 0 Å². The molecule has 1 heterocycles. The molecule has 0 amide bonds. The van der Waals surface area contributed by atoms with Crippen LogP contribution in [0.1, 0.15) is 16.7 Å². The Hall–Kier alpha value is -2.73. The van der Waals surface area contributed by atoms with Crippen molar-refractivity contribution in [3.05, 3.63) is 75.8 Å². The highest BCUT2D eigenvalue weighted by atomic mass is 32.2. The van der Waals surface area contributed by atoms with Gasteiger partial charge in [-0.15, -0.1) is 0 Å². The van der Waals surface area contributed by atoms with E-state index >= 15 is 0 Å². The predicted molar refractivity (Wildman–Crippen MR) is 108 cm³/mol. The Labute approximate surface area is 163 Å². The van der Waals surface area contributed by atoms with Gasteiger partial charge in [0.2, 0.25) is 0 Å². The van der Waals surface area contributed by atoms with Crippen LogP contribution in [-0.2, 0) is 5.75 Å². The molecule has 0 saturated heterocycles. The fourth-order valence-electron chi connectivity index (χ4n) is 2.77. The summed E-state index contributed by atoms with van der Waals surface area (Å²) in [7, 11) is 3.15. The molecule has 0 aliphatic carbocycles. The summed E-state index contributed by atoms with van der Waals surface area (Å²) in [5, 5.41) is 0.466. The van der Waals surface area contributed by atoms with Gasteiger partial charge in [-0.05, 0) is 37.1 Å². The minimum absolute atomic E-state index is 0.153. The van der Waals surface area contributed by atoms with Crippen molar-refractivity contribution in [3.8, 4) is 17.2 Å². The Morgan fingerprint density at radius 1 is 1.04 bits per heavy atom. The van der Waals surface area contributed by atoms with Crippen LogP contribution in [0.15, 0.2) is 58.6 Å². The average Bonchev–Trinajstić information content (AvgIpc) is 2.69. The number of hydrogen-bond acceptors (Lipinski definition) is 5. The summed E-state index contributed by atoms with van der Waals surface area (Å²) in [6.07, 6.45) is 3.30. The van der Waals surface area contributed by atoms with Crippen molar-refractivity contribution in [1.82, 2.24) is 9.55 Å². The van der Waals surface area contributed by atoms with E-state index in [9.17, 15) is 4.79 Å². The minimum Gasteiger partial charge on any atom is -0.493 e. The third-order valence-electron chi connectivity index (χ3n) is 4.32. The lowest BCUT2D eigenvalue weighted by Crippen LogP contribution is -2.20. The number of hydrogen-bond donors (Lipinski definition) is 0. The molecule has 0 fully saturated rings. The Morgan fingerprint density at radius 2 is 1.81 bits per heavy atom. The molecule has 0 spiro atoms. The van der Waals surface area contributed by atoms with Gasteiger partial charge in [0.15, 0.2) is 16.5 Å². The van der Waals surface area contributed by atoms with Gasteiger partial charge in [-0.3, -0.25) is 9.36 Å².